The number of imidazole rings is 2. The SMILES string of the molecule is CC(C)(C)OC(=O)N1CC2(CC2)CC1c1ncc(-c2ccc3c(c2)C(F)(F)c2cc(-c4ccc5nc(C6C7CCC(C7)N6C(=O)OC(C)(C)C)[nH]c5c4)ccc2-3)[nH]1.O=C(O)C(=O)O. The van der Waals surface area contributed by atoms with Crippen LogP contribution >= 0.6 is 0 Å². The Hall–Kier alpha value is -6.32. The maximum absolute atomic E-state index is 16.5. The average molecular weight is 865 g/mol. The Morgan fingerprint density at radius 2 is 1.38 bits per heavy atom. The minimum atomic E-state index is -3.23. The first-order valence-corrected chi connectivity index (χ1v) is 21.3. The number of likely N-dealkylation sites (tertiary alicyclic amines) is 2. The molecule has 0 radical (unpaired) electrons. The van der Waals surface area contributed by atoms with E-state index in [1.807, 2.05) is 76.8 Å². The van der Waals surface area contributed by atoms with Gasteiger partial charge in [-0.1, -0.05) is 30.3 Å². The van der Waals surface area contributed by atoms with Crippen LogP contribution in [0.4, 0.5) is 18.4 Å². The number of alkyl halides is 2. The lowest BCUT2D eigenvalue weighted by atomic mass is 9.98. The predicted molar refractivity (Wildman–Crippen MR) is 227 cm³/mol. The number of nitrogens with one attached hydrogen (secondary N) is 2. The Balaban J connectivity index is 0.000000787. The highest BCUT2D eigenvalue weighted by atomic mass is 19.3. The summed E-state index contributed by atoms with van der Waals surface area (Å²) in [6, 6.07) is 15.9. The van der Waals surface area contributed by atoms with Gasteiger partial charge in [-0.05, 0) is 138 Å². The van der Waals surface area contributed by atoms with Gasteiger partial charge in [0.25, 0.3) is 5.92 Å². The molecule has 10 rings (SSSR count). The molecule has 3 aromatic carbocycles. The summed E-state index contributed by atoms with van der Waals surface area (Å²) in [5.41, 5.74) is 4.02. The normalized spacial score (nSPS) is 22.4. The second-order valence-corrected chi connectivity index (χ2v) is 19.6. The molecule has 330 valence electrons. The summed E-state index contributed by atoms with van der Waals surface area (Å²) in [6.07, 6.45) is 6.83. The van der Waals surface area contributed by atoms with Crippen LogP contribution in [0.5, 0.6) is 0 Å². The lowest BCUT2D eigenvalue weighted by Gasteiger charge is -2.35. The summed E-state index contributed by atoms with van der Waals surface area (Å²) < 4.78 is 44.5. The van der Waals surface area contributed by atoms with Gasteiger partial charge in [-0.25, -0.2) is 29.1 Å². The fourth-order valence-corrected chi connectivity index (χ4v) is 9.84. The average Bonchev–Trinajstić information content (AvgIpc) is 3.85. The Morgan fingerprint density at radius 1 is 0.778 bits per heavy atom. The summed E-state index contributed by atoms with van der Waals surface area (Å²) >= 11 is 0. The molecule has 2 amide bonds. The number of aliphatic carboxylic acids is 2. The highest BCUT2D eigenvalue weighted by Gasteiger charge is 2.55. The number of H-pyrrole nitrogens is 2. The maximum atomic E-state index is 16.5. The van der Waals surface area contributed by atoms with Gasteiger partial charge in [0.05, 0.1) is 35.0 Å². The summed E-state index contributed by atoms with van der Waals surface area (Å²) in [5.74, 6) is -5.21. The fourth-order valence-electron chi connectivity index (χ4n) is 9.84. The van der Waals surface area contributed by atoms with E-state index in [1.54, 1.807) is 35.4 Å². The zero-order valence-electron chi connectivity index (χ0n) is 35.9. The number of fused-ring (bicyclic) bond motifs is 6. The number of piperidine rings is 1. The number of ether oxygens (including phenoxy) is 2. The van der Waals surface area contributed by atoms with Crippen LogP contribution in [0.15, 0.2) is 60.8 Å². The van der Waals surface area contributed by atoms with E-state index in [2.05, 4.69) is 15.0 Å². The van der Waals surface area contributed by atoms with Crippen LogP contribution in [0.1, 0.15) is 115 Å². The molecule has 16 heteroatoms. The van der Waals surface area contributed by atoms with Crippen molar-refractivity contribution in [1.29, 1.82) is 0 Å². The number of hydrogen-bond donors (Lipinski definition) is 4. The molecule has 2 saturated heterocycles. The van der Waals surface area contributed by atoms with Crippen molar-refractivity contribution in [2.45, 2.75) is 115 Å². The molecule has 4 fully saturated rings. The topological polar surface area (TPSA) is 191 Å². The van der Waals surface area contributed by atoms with E-state index < -0.39 is 29.1 Å². The molecule has 4 unspecified atom stereocenters. The molecular weight excluding hydrogens is 815 g/mol. The van der Waals surface area contributed by atoms with Crippen LogP contribution in [0.3, 0.4) is 0 Å². The molecule has 2 aromatic heterocycles. The van der Waals surface area contributed by atoms with Gasteiger partial charge < -0.3 is 29.7 Å². The van der Waals surface area contributed by atoms with Crippen molar-refractivity contribution in [2.75, 3.05) is 6.54 Å². The van der Waals surface area contributed by atoms with E-state index in [4.69, 9.17) is 34.3 Å². The fraction of sp³-hybridized carbons (Fsp3) is 0.447. The molecule has 5 aromatic rings. The van der Waals surface area contributed by atoms with E-state index in [0.29, 0.717) is 46.2 Å². The van der Waals surface area contributed by atoms with Crippen molar-refractivity contribution in [3.63, 3.8) is 0 Å². The van der Waals surface area contributed by atoms with Crippen molar-refractivity contribution in [1.82, 2.24) is 29.7 Å². The third kappa shape index (κ3) is 7.77. The second kappa shape index (κ2) is 14.6. The van der Waals surface area contributed by atoms with Crippen LogP contribution in [-0.2, 0) is 25.0 Å². The molecular formula is C47H50F2N6O8. The number of carbonyl (C=O) groups is 4. The van der Waals surface area contributed by atoms with Crippen LogP contribution in [0.25, 0.3) is 44.5 Å². The lowest BCUT2D eigenvalue weighted by Crippen LogP contribution is -2.43. The number of nitrogens with zero attached hydrogens (tertiary/aromatic N) is 4. The van der Waals surface area contributed by atoms with Crippen LogP contribution in [0.2, 0.25) is 0 Å². The monoisotopic (exact) mass is 864 g/mol. The smallest absolute Gasteiger partial charge is 0.414 e. The number of aromatic amines is 2. The first-order chi connectivity index (χ1) is 29.6. The number of benzene rings is 3. The standard InChI is InChI=1S/C45H48F2N6O4.C2H2O4/c1-42(2,3)56-40(54)52-23-44(15-16-44)21-36(52)38-48-22-35(51-38)26-9-13-30-29-12-8-24(18-31(29)45(46,47)32(30)19-26)25-10-14-33-34(20-25)50-39(49-33)37-27-7-11-28(17-27)53(37)41(55)57-43(4,5)6;3-1(4)2(5)6/h8-10,12-14,18-20,22,27-28,36-37H,7,11,15-17,21,23H2,1-6H3,(H,48,51)(H,49,50);(H,3,4)(H,5,6). The zero-order chi connectivity index (χ0) is 45.0. The van der Waals surface area contributed by atoms with E-state index in [-0.39, 0.29) is 46.9 Å². The number of rotatable bonds is 4. The van der Waals surface area contributed by atoms with E-state index in [9.17, 15) is 9.59 Å². The van der Waals surface area contributed by atoms with Crippen LogP contribution < -0.4 is 0 Å². The number of carboxylic acid groups (broad SMARTS) is 2. The maximum Gasteiger partial charge on any atom is 0.414 e. The first kappa shape index (κ1) is 42.0. The van der Waals surface area contributed by atoms with Crippen molar-refractivity contribution >= 4 is 35.2 Å². The molecule has 1 spiro atoms. The van der Waals surface area contributed by atoms with Gasteiger partial charge in [-0.2, -0.15) is 8.78 Å². The quantitative estimate of drug-likeness (QED) is 0.127. The molecule has 4 atom stereocenters. The Morgan fingerprint density at radius 3 is 2.02 bits per heavy atom. The number of carboxylic acids is 2. The van der Waals surface area contributed by atoms with Gasteiger partial charge in [0.2, 0.25) is 0 Å². The number of carbonyl (C=O) groups excluding carboxylic acids is 2. The highest BCUT2D eigenvalue weighted by Crippen LogP contribution is 2.59. The third-order valence-corrected chi connectivity index (χ3v) is 12.8. The minimum Gasteiger partial charge on any atom is -0.473 e. The Bertz CT molecular complexity index is 2680. The van der Waals surface area contributed by atoms with Crippen LogP contribution in [0, 0.1) is 11.3 Å². The van der Waals surface area contributed by atoms with Gasteiger partial charge in [-0.15, -0.1) is 0 Å². The molecule has 4 N–H and O–H groups in total. The van der Waals surface area contributed by atoms with Crippen molar-refractivity contribution < 1.29 is 47.6 Å². The number of aromatic nitrogens is 4. The Kier molecular flexibility index (Phi) is 9.75. The molecule has 3 aliphatic carbocycles. The highest BCUT2D eigenvalue weighted by molar-refractivity contribution is 6.27. The summed E-state index contributed by atoms with van der Waals surface area (Å²) in [7, 11) is 0. The summed E-state index contributed by atoms with van der Waals surface area (Å²) in [4.78, 5) is 64.8. The van der Waals surface area contributed by atoms with Gasteiger partial charge in [-0.3, -0.25) is 9.80 Å². The van der Waals surface area contributed by atoms with Crippen molar-refractivity contribution in [2.24, 2.45) is 11.3 Å². The van der Waals surface area contributed by atoms with Gasteiger partial charge in [0.15, 0.2) is 0 Å². The van der Waals surface area contributed by atoms with E-state index in [0.717, 1.165) is 60.9 Å². The minimum absolute atomic E-state index is 0.0356. The molecule has 2 aliphatic heterocycles. The molecule has 14 nitrogen and oxygen atoms in total. The van der Waals surface area contributed by atoms with Gasteiger partial charge in [0, 0.05) is 29.3 Å². The predicted octanol–water partition coefficient (Wildman–Crippen LogP) is 9.82. The zero-order valence-corrected chi connectivity index (χ0v) is 35.9. The Labute approximate surface area is 362 Å². The summed E-state index contributed by atoms with van der Waals surface area (Å²) in [6.45, 7) is 11.8. The number of hydrogen-bond acceptors (Lipinski definition) is 8. The number of amides is 2. The third-order valence-electron chi connectivity index (χ3n) is 12.8. The molecule has 2 saturated carbocycles. The summed E-state index contributed by atoms with van der Waals surface area (Å²) in [5, 5.41) is 14.8. The van der Waals surface area contributed by atoms with Gasteiger partial charge in [0.1, 0.15) is 22.9 Å². The van der Waals surface area contributed by atoms with Crippen molar-refractivity contribution in [3.8, 4) is 33.5 Å². The number of halogens is 2. The molecule has 5 aliphatic rings. The van der Waals surface area contributed by atoms with Crippen molar-refractivity contribution in [3.05, 3.63) is 83.6 Å². The van der Waals surface area contributed by atoms with E-state index in [1.165, 1.54) is 0 Å². The molecule has 63 heavy (non-hydrogen) atoms. The van der Waals surface area contributed by atoms with Gasteiger partial charge >= 0.3 is 24.1 Å². The largest absolute Gasteiger partial charge is 0.473 e. The molecule has 4 heterocycles. The van der Waals surface area contributed by atoms with Crippen LogP contribution in [-0.4, -0.2) is 87.9 Å². The lowest BCUT2D eigenvalue weighted by molar-refractivity contribution is -0.159. The van der Waals surface area contributed by atoms with E-state index >= 15 is 8.78 Å². The second-order valence-electron chi connectivity index (χ2n) is 19.6. The first-order valence-electron chi connectivity index (χ1n) is 21.3. The molecule has 2 bridgehead atoms.